The van der Waals surface area contributed by atoms with Crippen LogP contribution in [0.2, 0.25) is 5.15 Å². The quantitative estimate of drug-likeness (QED) is 0.267. The minimum Gasteiger partial charge on any atom is -0.337 e. The van der Waals surface area contributed by atoms with Gasteiger partial charge in [0.05, 0.1) is 5.69 Å². The number of hydrogen-bond acceptors (Lipinski definition) is 5. The van der Waals surface area contributed by atoms with E-state index in [-0.39, 0.29) is 30.6 Å². The van der Waals surface area contributed by atoms with Crippen LogP contribution >= 0.6 is 11.6 Å². The molecule has 0 aromatic carbocycles. The maximum Gasteiger partial charge on any atom is 0.319 e. The number of rotatable bonds is 9. The number of hydroxylamine groups is 1. The number of halogens is 1. The molecule has 0 unspecified atom stereocenters. The zero-order chi connectivity index (χ0) is 22.1. The number of urea groups is 1. The smallest absolute Gasteiger partial charge is 0.319 e. The zero-order valence-electron chi connectivity index (χ0n) is 17.4. The summed E-state index contributed by atoms with van der Waals surface area (Å²) >= 11 is 5.93. The third-order valence-corrected chi connectivity index (χ3v) is 5.43. The van der Waals surface area contributed by atoms with Crippen molar-refractivity contribution in [2.45, 2.75) is 46.0 Å². The van der Waals surface area contributed by atoms with Gasteiger partial charge >= 0.3 is 6.03 Å². The van der Waals surface area contributed by atoms with E-state index in [0.29, 0.717) is 18.2 Å². The van der Waals surface area contributed by atoms with Crippen LogP contribution in [0.1, 0.15) is 46.0 Å². The lowest BCUT2D eigenvalue weighted by Crippen LogP contribution is -2.45. The van der Waals surface area contributed by atoms with Gasteiger partial charge in [-0.2, -0.15) is 0 Å². The van der Waals surface area contributed by atoms with Crippen molar-refractivity contribution in [1.29, 1.82) is 0 Å². The van der Waals surface area contributed by atoms with Crippen LogP contribution < -0.4 is 16.1 Å². The van der Waals surface area contributed by atoms with Gasteiger partial charge in [0.1, 0.15) is 6.54 Å². The fourth-order valence-electron chi connectivity index (χ4n) is 3.52. The van der Waals surface area contributed by atoms with Crippen molar-refractivity contribution in [3.63, 3.8) is 0 Å². The van der Waals surface area contributed by atoms with Gasteiger partial charge in [0.2, 0.25) is 5.91 Å². The summed E-state index contributed by atoms with van der Waals surface area (Å²) in [5.41, 5.74) is 1.44. The third-order valence-electron chi connectivity index (χ3n) is 5.13. The van der Waals surface area contributed by atoms with E-state index in [0.717, 1.165) is 25.7 Å². The Bertz CT molecular complexity index is 752. The van der Waals surface area contributed by atoms with Crippen LogP contribution in [0, 0.1) is 11.3 Å². The summed E-state index contributed by atoms with van der Waals surface area (Å²) in [5, 5.41) is 14.4. The van der Waals surface area contributed by atoms with Gasteiger partial charge in [-0.05, 0) is 36.3 Å². The van der Waals surface area contributed by atoms with Crippen molar-refractivity contribution < 1.29 is 19.6 Å². The predicted octanol–water partition coefficient (Wildman–Crippen LogP) is 2.80. The van der Waals surface area contributed by atoms with Gasteiger partial charge in [-0.3, -0.25) is 14.8 Å². The van der Waals surface area contributed by atoms with Crippen molar-refractivity contribution >= 4 is 35.1 Å². The lowest BCUT2D eigenvalue weighted by Gasteiger charge is -2.30. The van der Waals surface area contributed by atoms with Crippen LogP contribution in [0.15, 0.2) is 18.3 Å². The summed E-state index contributed by atoms with van der Waals surface area (Å²) < 4.78 is 0. The van der Waals surface area contributed by atoms with E-state index in [2.05, 4.69) is 15.6 Å². The molecular formula is C20H30ClN5O4. The van der Waals surface area contributed by atoms with Gasteiger partial charge in [-0.25, -0.2) is 15.3 Å². The highest BCUT2D eigenvalue weighted by Gasteiger charge is 2.29. The number of hydrogen-bond donors (Lipinski definition) is 4. The Hall–Kier alpha value is -2.39. The zero-order valence-corrected chi connectivity index (χ0v) is 18.2. The fraction of sp³-hybridized carbons (Fsp3) is 0.600. The molecule has 0 radical (unpaired) electrons. The van der Waals surface area contributed by atoms with Gasteiger partial charge in [-0.15, -0.1) is 0 Å². The molecule has 1 saturated carbocycles. The number of carbonyl (C=O) groups is 3. The Balaban J connectivity index is 1.89. The van der Waals surface area contributed by atoms with Gasteiger partial charge in [0, 0.05) is 25.7 Å². The molecule has 1 aliphatic rings. The molecule has 1 fully saturated rings. The summed E-state index contributed by atoms with van der Waals surface area (Å²) in [4.78, 5) is 42.1. The second-order valence-corrected chi connectivity index (χ2v) is 8.81. The average Bonchev–Trinajstić information content (AvgIpc) is 3.20. The average molecular weight is 440 g/mol. The van der Waals surface area contributed by atoms with Crippen molar-refractivity contribution in [2.24, 2.45) is 11.3 Å². The van der Waals surface area contributed by atoms with Crippen LogP contribution in [0.25, 0.3) is 0 Å². The van der Waals surface area contributed by atoms with E-state index in [1.807, 2.05) is 13.8 Å². The Kier molecular flexibility index (Phi) is 8.86. The minimum atomic E-state index is -0.620. The Labute approximate surface area is 181 Å². The molecule has 1 heterocycles. The van der Waals surface area contributed by atoms with E-state index in [1.165, 1.54) is 11.1 Å². The number of nitrogens with zero attached hydrogens (tertiary/aromatic N) is 2. The molecule has 0 saturated heterocycles. The summed E-state index contributed by atoms with van der Waals surface area (Å²) in [5.74, 6) is -0.435. The van der Waals surface area contributed by atoms with Crippen LogP contribution in [-0.2, 0) is 9.59 Å². The molecule has 1 aromatic rings. The van der Waals surface area contributed by atoms with Crippen molar-refractivity contribution in [1.82, 2.24) is 20.7 Å². The van der Waals surface area contributed by atoms with Crippen molar-refractivity contribution in [3.05, 3.63) is 23.5 Å². The topological polar surface area (TPSA) is 124 Å². The highest BCUT2D eigenvalue weighted by Crippen LogP contribution is 2.27. The molecule has 9 nitrogen and oxygen atoms in total. The summed E-state index contributed by atoms with van der Waals surface area (Å²) in [6.07, 6.45) is 5.99. The SMILES string of the molecule is CC(C)(CNC(=O)Nc1cccnc1Cl)CC(=O)N(CC(=O)NO)CC1CCCC1. The Morgan fingerprint density at radius 1 is 1.30 bits per heavy atom. The molecule has 10 heteroatoms. The maximum absolute atomic E-state index is 12.9. The van der Waals surface area contributed by atoms with Gasteiger partial charge in [-0.1, -0.05) is 38.3 Å². The van der Waals surface area contributed by atoms with Gasteiger partial charge in [0.15, 0.2) is 5.15 Å². The van der Waals surface area contributed by atoms with E-state index in [4.69, 9.17) is 16.8 Å². The Morgan fingerprint density at radius 2 is 2.00 bits per heavy atom. The monoisotopic (exact) mass is 439 g/mol. The molecule has 30 heavy (non-hydrogen) atoms. The highest BCUT2D eigenvalue weighted by atomic mass is 35.5. The van der Waals surface area contributed by atoms with Crippen LogP contribution in [0.4, 0.5) is 10.5 Å². The lowest BCUT2D eigenvalue weighted by atomic mass is 9.88. The predicted molar refractivity (Wildman–Crippen MR) is 113 cm³/mol. The minimum absolute atomic E-state index is 0.145. The molecule has 166 valence electrons. The lowest BCUT2D eigenvalue weighted by molar-refractivity contribution is -0.141. The second kappa shape index (κ2) is 11.1. The van der Waals surface area contributed by atoms with Crippen molar-refractivity contribution in [2.75, 3.05) is 25.0 Å². The standard InChI is InChI=1S/C20H30ClN5O4/c1-20(2,13-23-19(29)24-15-8-5-9-22-18(15)21)10-17(28)26(12-16(27)25-30)11-14-6-3-4-7-14/h5,8-9,14,30H,3-4,6-7,10-13H2,1-2H3,(H,25,27)(H2,23,24,29). The first-order chi connectivity index (χ1) is 14.2. The van der Waals surface area contributed by atoms with Crippen LogP contribution in [0.3, 0.4) is 0 Å². The number of amides is 4. The number of pyridine rings is 1. The molecule has 1 aromatic heterocycles. The van der Waals surface area contributed by atoms with Gasteiger partial charge < -0.3 is 15.5 Å². The first-order valence-corrected chi connectivity index (χ1v) is 10.4. The molecule has 1 aliphatic carbocycles. The first kappa shape index (κ1) is 23.9. The molecule has 0 aliphatic heterocycles. The highest BCUT2D eigenvalue weighted by molar-refractivity contribution is 6.32. The summed E-state index contributed by atoms with van der Waals surface area (Å²) in [6.45, 7) is 4.28. The van der Waals surface area contributed by atoms with E-state index in [1.54, 1.807) is 17.6 Å². The number of aromatic nitrogens is 1. The fourth-order valence-corrected chi connectivity index (χ4v) is 3.68. The largest absolute Gasteiger partial charge is 0.337 e. The Morgan fingerprint density at radius 3 is 2.63 bits per heavy atom. The van der Waals surface area contributed by atoms with Crippen LogP contribution in [0.5, 0.6) is 0 Å². The molecule has 0 atom stereocenters. The molecular weight excluding hydrogens is 410 g/mol. The molecule has 2 rings (SSSR count). The number of nitrogens with one attached hydrogen (secondary N) is 3. The van der Waals surface area contributed by atoms with Gasteiger partial charge in [0.25, 0.3) is 5.91 Å². The second-order valence-electron chi connectivity index (χ2n) is 8.45. The summed E-state index contributed by atoms with van der Waals surface area (Å²) in [6, 6.07) is 2.84. The molecule has 0 bridgehead atoms. The van der Waals surface area contributed by atoms with Crippen LogP contribution in [-0.4, -0.2) is 52.6 Å². The van der Waals surface area contributed by atoms with E-state index < -0.39 is 17.4 Å². The molecule has 4 N–H and O–H groups in total. The summed E-state index contributed by atoms with van der Waals surface area (Å²) in [7, 11) is 0. The normalized spacial score (nSPS) is 14.3. The van der Waals surface area contributed by atoms with E-state index in [9.17, 15) is 14.4 Å². The van der Waals surface area contributed by atoms with E-state index >= 15 is 0 Å². The number of anilines is 1. The maximum atomic E-state index is 12.9. The first-order valence-electron chi connectivity index (χ1n) is 10.1. The molecule has 0 spiro atoms. The number of carbonyl (C=O) groups excluding carboxylic acids is 3. The molecule has 4 amide bonds. The van der Waals surface area contributed by atoms with Crippen molar-refractivity contribution in [3.8, 4) is 0 Å². The third kappa shape index (κ3) is 7.79.